The third-order valence-electron chi connectivity index (χ3n) is 4.87. The molecule has 1 aliphatic rings. The number of aliphatic carboxylic acids is 1. The van der Waals surface area contributed by atoms with E-state index in [9.17, 15) is 14.7 Å². The Bertz CT molecular complexity index is 881. The molecule has 0 aliphatic heterocycles. The monoisotopic (exact) mass is 453 g/mol. The van der Waals surface area contributed by atoms with Gasteiger partial charge in [-0.1, -0.05) is 59.7 Å². The highest BCUT2D eigenvalue weighted by molar-refractivity contribution is 8.03. The van der Waals surface area contributed by atoms with Gasteiger partial charge in [0.25, 0.3) is 0 Å². The smallest absolute Gasteiger partial charge is 0.328 e. The first-order chi connectivity index (χ1) is 13.8. The summed E-state index contributed by atoms with van der Waals surface area (Å²) in [6, 6.07) is 7.04. The molecule has 0 atom stereocenters. The lowest BCUT2D eigenvalue weighted by molar-refractivity contribution is -0.138. The van der Waals surface area contributed by atoms with Gasteiger partial charge in [-0.3, -0.25) is 15.0 Å². The molecule has 0 bridgehead atoms. The molecule has 1 aliphatic carbocycles. The molecule has 0 saturated heterocycles. The van der Waals surface area contributed by atoms with E-state index in [1.807, 2.05) is 18.2 Å². The van der Waals surface area contributed by atoms with E-state index in [0.717, 1.165) is 17.1 Å². The molecule has 0 spiro atoms. The first-order valence-corrected chi connectivity index (χ1v) is 11.5. The van der Waals surface area contributed by atoms with Crippen molar-refractivity contribution in [3.63, 3.8) is 0 Å². The van der Waals surface area contributed by atoms with Crippen LogP contribution >= 0.6 is 34.7 Å². The van der Waals surface area contributed by atoms with Crippen molar-refractivity contribution in [3.8, 4) is 0 Å². The minimum Gasteiger partial charge on any atom is -0.480 e. The van der Waals surface area contributed by atoms with Crippen molar-refractivity contribution in [3.05, 3.63) is 35.5 Å². The number of urea groups is 1. The molecule has 2 amide bonds. The van der Waals surface area contributed by atoms with Gasteiger partial charge in [0, 0.05) is 6.54 Å². The molecule has 6 nitrogen and oxygen atoms in total. The summed E-state index contributed by atoms with van der Waals surface area (Å²) >= 11 is 8.83. The Balaban J connectivity index is 1.75. The van der Waals surface area contributed by atoms with Crippen molar-refractivity contribution in [2.24, 2.45) is 5.92 Å². The number of anilines is 2. The maximum Gasteiger partial charge on any atom is 0.328 e. The summed E-state index contributed by atoms with van der Waals surface area (Å²) in [6.07, 6.45) is 6.18. The molecule has 1 saturated carbocycles. The van der Waals surface area contributed by atoms with Crippen LogP contribution in [-0.2, 0) is 4.79 Å². The quantitative estimate of drug-likeness (QED) is 0.504. The van der Waals surface area contributed by atoms with Crippen LogP contribution in [0.5, 0.6) is 0 Å². The van der Waals surface area contributed by atoms with Crippen LogP contribution in [0, 0.1) is 5.92 Å². The molecular formula is C20H24ClN3O3S2. The molecule has 1 aromatic carbocycles. The summed E-state index contributed by atoms with van der Waals surface area (Å²) in [7, 11) is 0. The van der Waals surface area contributed by atoms with Gasteiger partial charge in [0.1, 0.15) is 4.75 Å². The fourth-order valence-corrected chi connectivity index (χ4v) is 5.73. The molecule has 0 unspecified atom stereocenters. The molecular weight excluding hydrogens is 430 g/mol. The SMILES string of the molecule is CC(C)(Sc1cnc(NC(=O)N(CC2CCCC2)c2ccccc2Cl)s1)C(=O)O. The summed E-state index contributed by atoms with van der Waals surface area (Å²) in [5.41, 5.74) is 0.678. The molecule has 2 aromatic rings. The van der Waals surface area contributed by atoms with Gasteiger partial charge in [-0.15, -0.1) is 0 Å². The Kier molecular flexibility index (Phi) is 7.08. The molecule has 2 N–H and O–H groups in total. The number of thiazole rings is 1. The van der Waals surface area contributed by atoms with E-state index in [1.165, 1.54) is 35.9 Å². The number of hydrogen-bond donors (Lipinski definition) is 2. The number of thioether (sulfide) groups is 1. The molecule has 0 radical (unpaired) electrons. The van der Waals surface area contributed by atoms with Crippen LogP contribution in [0.1, 0.15) is 39.5 Å². The van der Waals surface area contributed by atoms with E-state index in [1.54, 1.807) is 31.0 Å². The van der Waals surface area contributed by atoms with Crippen molar-refractivity contribution in [1.82, 2.24) is 4.98 Å². The summed E-state index contributed by atoms with van der Waals surface area (Å²) < 4.78 is -0.243. The second-order valence-corrected chi connectivity index (χ2v) is 10.9. The van der Waals surface area contributed by atoms with Crippen molar-refractivity contribution in [2.45, 2.75) is 48.5 Å². The third kappa shape index (κ3) is 5.65. The lowest BCUT2D eigenvalue weighted by Crippen LogP contribution is -2.38. The first-order valence-electron chi connectivity index (χ1n) is 9.47. The van der Waals surface area contributed by atoms with E-state index < -0.39 is 10.7 Å². The van der Waals surface area contributed by atoms with Crippen molar-refractivity contribution >= 4 is 57.5 Å². The number of nitrogens with zero attached hydrogens (tertiary/aromatic N) is 2. The Morgan fingerprint density at radius 3 is 2.69 bits per heavy atom. The fraction of sp³-hybridized carbons (Fsp3) is 0.450. The molecule has 1 aromatic heterocycles. The predicted molar refractivity (Wildman–Crippen MR) is 119 cm³/mol. The van der Waals surface area contributed by atoms with Crippen LogP contribution in [0.4, 0.5) is 15.6 Å². The predicted octanol–water partition coefficient (Wildman–Crippen LogP) is 5.98. The zero-order chi connectivity index (χ0) is 21.0. The average molecular weight is 454 g/mol. The zero-order valence-electron chi connectivity index (χ0n) is 16.4. The zero-order valence-corrected chi connectivity index (χ0v) is 18.7. The van der Waals surface area contributed by atoms with Gasteiger partial charge >= 0.3 is 12.0 Å². The van der Waals surface area contributed by atoms with Crippen LogP contribution in [-0.4, -0.2) is 33.4 Å². The van der Waals surface area contributed by atoms with E-state index in [0.29, 0.717) is 28.3 Å². The van der Waals surface area contributed by atoms with Crippen LogP contribution in [0.25, 0.3) is 0 Å². The second kappa shape index (κ2) is 9.36. The summed E-state index contributed by atoms with van der Waals surface area (Å²) in [6.45, 7) is 3.88. The minimum absolute atomic E-state index is 0.284. The fourth-order valence-electron chi connectivity index (χ4n) is 3.23. The number of halogens is 1. The molecule has 29 heavy (non-hydrogen) atoms. The number of nitrogens with one attached hydrogen (secondary N) is 1. The normalized spacial score (nSPS) is 14.7. The minimum atomic E-state index is -0.972. The standard InChI is InChI=1S/C20H24ClN3O3S2/c1-20(2,17(25)26)29-16-11-22-18(28-16)23-19(27)24(12-13-7-3-4-8-13)15-10-6-5-9-14(15)21/h5-6,9-11,13H,3-4,7-8,12H2,1-2H3,(H,25,26)(H,22,23,27). The van der Waals surface area contributed by atoms with Gasteiger partial charge in [0.2, 0.25) is 0 Å². The van der Waals surface area contributed by atoms with Gasteiger partial charge < -0.3 is 5.11 Å². The van der Waals surface area contributed by atoms with E-state index in [4.69, 9.17) is 11.6 Å². The molecule has 3 rings (SSSR count). The highest BCUT2D eigenvalue weighted by Crippen LogP contribution is 2.38. The van der Waals surface area contributed by atoms with Crippen molar-refractivity contribution in [2.75, 3.05) is 16.8 Å². The summed E-state index contributed by atoms with van der Waals surface area (Å²) in [5, 5.41) is 13.1. The molecule has 156 valence electrons. The van der Waals surface area contributed by atoms with Crippen molar-refractivity contribution < 1.29 is 14.7 Å². The number of carbonyl (C=O) groups excluding carboxylic acids is 1. The highest BCUT2D eigenvalue weighted by atomic mass is 35.5. The highest BCUT2D eigenvalue weighted by Gasteiger charge is 2.30. The summed E-state index contributed by atoms with van der Waals surface area (Å²) in [5.74, 6) is -0.446. The first kappa shape index (κ1) is 21.9. The number of amides is 2. The van der Waals surface area contributed by atoms with E-state index in [-0.39, 0.29) is 6.03 Å². The summed E-state index contributed by atoms with van der Waals surface area (Å²) in [4.78, 5) is 30.3. The van der Waals surface area contributed by atoms with Gasteiger partial charge in [-0.2, -0.15) is 0 Å². The van der Waals surface area contributed by atoms with E-state index >= 15 is 0 Å². The Morgan fingerprint density at radius 2 is 2.03 bits per heavy atom. The van der Waals surface area contributed by atoms with Crippen LogP contribution in [0.2, 0.25) is 5.02 Å². The van der Waals surface area contributed by atoms with Gasteiger partial charge in [-0.05, 0) is 44.7 Å². The largest absolute Gasteiger partial charge is 0.480 e. The second-order valence-electron chi connectivity index (χ2n) is 7.54. The molecule has 9 heteroatoms. The third-order valence-corrected chi connectivity index (χ3v) is 7.39. The lowest BCUT2D eigenvalue weighted by Gasteiger charge is -2.26. The Morgan fingerprint density at radius 1 is 1.34 bits per heavy atom. The number of hydrogen-bond acceptors (Lipinski definition) is 5. The Hall–Kier alpha value is -1.77. The topological polar surface area (TPSA) is 82.5 Å². The maximum absolute atomic E-state index is 13.1. The van der Waals surface area contributed by atoms with Crippen molar-refractivity contribution in [1.29, 1.82) is 0 Å². The van der Waals surface area contributed by atoms with Gasteiger partial charge in [0.15, 0.2) is 5.13 Å². The number of carboxylic acids is 1. The van der Waals surface area contributed by atoms with E-state index in [2.05, 4.69) is 10.3 Å². The number of para-hydroxylation sites is 1. The van der Waals surface area contributed by atoms with Crippen LogP contribution < -0.4 is 10.2 Å². The number of carbonyl (C=O) groups is 2. The number of aromatic nitrogens is 1. The molecule has 1 heterocycles. The maximum atomic E-state index is 13.1. The number of benzene rings is 1. The Labute approximate surface area is 183 Å². The van der Waals surface area contributed by atoms with Crippen LogP contribution in [0.3, 0.4) is 0 Å². The van der Waals surface area contributed by atoms with Crippen LogP contribution in [0.15, 0.2) is 34.7 Å². The lowest BCUT2D eigenvalue weighted by atomic mass is 10.1. The van der Waals surface area contributed by atoms with Gasteiger partial charge in [-0.25, -0.2) is 9.78 Å². The number of carboxylic acid groups (broad SMARTS) is 1. The molecule has 1 fully saturated rings. The number of rotatable bonds is 7. The average Bonchev–Trinajstić information content (AvgIpc) is 3.32. The van der Waals surface area contributed by atoms with Gasteiger partial charge in [0.05, 0.1) is 21.1 Å².